The van der Waals surface area contributed by atoms with Gasteiger partial charge in [-0.1, -0.05) is 36.4 Å². The summed E-state index contributed by atoms with van der Waals surface area (Å²) < 4.78 is 0. The van der Waals surface area contributed by atoms with E-state index in [-0.39, 0.29) is 11.8 Å². The number of benzene rings is 1. The highest BCUT2D eigenvalue weighted by Gasteiger charge is 2.21. The Kier molecular flexibility index (Phi) is 7.61. The zero-order chi connectivity index (χ0) is 20.5. The molecule has 0 spiro atoms. The maximum atomic E-state index is 12.2. The maximum absolute atomic E-state index is 12.2. The first-order valence-electron chi connectivity index (χ1n) is 10.4. The number of hydrogen-bond acceptors (Lipinski definition) is 4. The molecular formula is C23H30N4O2. The predicted octanol–water partition coefficient (Wildman–Crippen LogP) is 2.78. The number of piperazine rings is 1. The average Bonchev–Trinajstić information content (AvgIpc) is 2.76. The first-order valence-corrected chi connectivity index (χ1v) is 10.4. The number of nitrogens with zero attached hydrogens (tertiary/aromatic N) is 3. The van der Waals surface area contributed by atoms with Crippen molar-refractivity contribution in [2.24, 2.45) is 0 Å². The van der Waals surface area contributed by atoms with Crippen LogP contribution in [0.3, 0.4) is 0 Å². The maximum Gasteiger partial charge on any atom is 0.220 e. The van der Waals surface area contributed by atoms with E-state index in [9.17, 15) is 9.59 Å². The van der Waals surface area contributed by atoms with Crippen molar-refractivity contribution in [3.8, 4) is 0 Å². The number of amides is 2. The van der Waals surface area contributed by atoms with E-state index in [1.54, 1.807) is 13.1 Å². The van der Waals surface area contributed by atoms with Gasteiger partial charge in [-0.2, -0.15) is 0 Å². The van der Waals surface area contributed by atoms with Gasteiger partial charge in [-0.15, -0.1) is 0 Å². The molecule has 154 valence electrons. The lowest BCUT2D eigenvalue weighted by molar-refractivity contribution is -0.129. The largest absolute Gasteiger partial charge is 0.353 e. The fraction of sp³-hybridized carbons (Fsp3) is 0.435. The molecule has 6 heteroatoms. The summed E-state index contributed by atoms with van der Waals surface area (Å²) >= 11 is 0. The van der Waals surface area contributed by atoms with Crippen molar-refractivity contribution in [1.29, 1.82) is 0 Å². The molecule has 1 aliphatic heterocycles. The minimum atomic E-state index is 0.0780. The monoisotopic (exact) mass is 394 g/mol. The van der Waals surface area contributed by atoms with E-state index in [2.05, 4.69) is 27.3 Å². The lowest BCUT2D eigenvalue weighted by atomic mass is 10.1. The third-order valence-electron chi connectivity index (χ3n) is 5.33. The Balaban J connectivity index is 1.43. The predicted molar refractivity (Wildman–Crippen MR) is 115 cm³/mol. The quantitative estimate of drug-likeness (QED) is 0.699. The topological polar surface area (TPSA) is 65.5 Å². The van der Waals surface area contributed by atoms with E-state index in [4.69, 9.17) is 0 Å². The molecule has 6 nitrogen and oxygen atoms in total. The molecule has 2 amide bonds. The van der Waals surface area contributed by atoms with E-state index in [0.29, 0.717) is 26.1 Å². The molecule has 2 aromatic rings. The fourth-order valence-electron chi connectivity index (χ4n) is 3.63. The van der Waals surface area contributed by atoms with Crippen LogP contribution >= 0.6 is 0 Å². The molecule has 29 heavy (non-hydrogen) atoms. The van der Waals surface area contributed by atoms with Crippen LogP contribution in [0.4, 0.5) is 5.82 Å². The average molecular weight is 395 g/mol. The first-order chi connectivity index (χ1) is 14.1. The second-order valence-electron chi connectivity index (χ2n) is 7.45. The SMILES string of the molecule is CC(=O)N1CCN(c2ncccc2CNC(=O)CCCCc2ccccc2)CC1. The van der Waals surface area contributed by atoms with Crippen LogP contribution in [-0.4, -0.2) is 47.9 Å². The van der Waals surface area contributed by atoms with E-state index in [1.807, 2.05) is 35.2 Å². The summed E-state index contributed by atoms with van der Waals surface area (Å²) in [5.41, 5.74) is 2.33. The number of carbonyl (C=O) groups excluding carboxylic acids is 2. The molecule has 2 heterocycles. The molecule has 0 unspecified atom stereocenters. The summed E-state index contributed by atoms with van der Waals surface area (Å²) in [5, 5.41) is 3.03. The summed E-state index contributed by atoms with van der Waals surface area (Å²) in [4.78, 5) is 32.3. The number of rotatable bonds is 8. The van der Waals surface area contributed by atoms with Crippen LogP contribution in [0.25, 0.3) is 0 Å². The Labute approximate surface area is 172 Å². The molecule has 1 saturated heterocycles. The van der Waals surface area contributed by atoms with Crippen LogP contribution in [0.2, 0.25) is 0 Å². The van der Waals surface area contributed by atoms with Gasteiger partial charge in [0.1, 0.15) is 5.82 Å². The molecule has 0 atom stereocenters. The van der Waals surface area contributed by atoms with Crippen LogP contribution in [0.15, 0.2) is 48.7 Å². The van der Waals surface area contributed by atoms with Crippen LogP contribution in [0.1, 0.15) is 37.3 Å². The van der Waals surface area contributed by atoms with Crippen molar-refractivity contribution < 1.29 is 9.59 Å². The number of unbranched alkanes of at least 4 members (excludes halogenated alkanes) is 1. The van der Waals surface area contributed by atoms with Gasteiger partial charge in [0.05, 0.1) is 0 Å². The Bertz CT molecular complexity index is 802. The summed E-state index contributed by atoms with van der Waals surface area (Å²) in [5.74, 6) is 1.10. The first kappa shape index (κ1) is 20.8. The molecule has 0 saturated carbocycles. The Morgan fingerprint density at radius 3 is 2.48 bits per heavy atom. The highest BCUT2D eigenvalue weighted by molar-refractivity contribution is 5.76. The molecule has 0 aliphatic carbocycles. The van der Waals surface area contributed by atoms with Gasteiger partial charge in [-0.05, 0) is 30.9 Å². The minimum absolute atomic E-state index is 0.0780. The zero-order valence-corrected chi connectivity index (χ0v) is 17.1. The van der Waals surface area contributed by atoms with E-state index < -0.39 is 0 Å². The van der Waals surface area contributed by atoms with Gasteiger partial charge in [0.15, 0.2) is 0 Å². The van der Waals surface area contributed by atoms with Crippen LogP contribution < -0.4 is 10.2 Å². The zero-order valence-electron chi connectivity index (χ0n) is 17.1. The number of nitrogens with one attached hydrogen (secondary N) is 1. The van der Waals surface area contributed by atoms with Gasteiger partial charge >= 0.3 is 0 Å². The molecule has 0 radical (unpaired) electrons. The van der Waals surface area contributed by atoms with E-state index in [0.717, 1.165) is 43.7 Å². The van der Waals surface area contributed by atoms with Gasteiger partial charge in [0, 0.05) is 57.8 Å². The molecule has 1 N–H and O–H groups in total. The molecule has 1 aromatic carbocycles. The summed E-state index contributed by atoms with van der Waals surface area (Å²) in [6.07, 6.45) is 5.22. The minimum Gasteiger partial charge on any atom is -0.353 e. The number of aryl methyl sites for hydroxylation is 1. The van der Waals surface area contributed by atoms with Crippen LogP contribution in [0, 0.1) is 0 Å². The second kappa shape index (κ2) is 10.6. The molecule has 1 fully saturated rings. The summed E-state index contributed by atoms with van der Waals surface area (Å²) in [6, 6.07) is 14.3. The van der Waals surface area contributed by atoms with Gasteiger partial charge in [0.2, 0.25) is 11.8 Å². The molecule has 1 aliphatic rings. The fourth-order valence-corrected chi connectivity index (χ4v) is 3.63. The lowest BCUT2D eigenvalue weighted by Crippen LogP contribution is -2.48. The van der Waals surface area contributed by atoms with Gasteiger partial charge in [-0.3, -0.25) is 9.59 Å². The van der Waals surface area contributed by atoms with Crippen LogP contribution in [0.5, 0.6) is 0 Å². The number of anilines is 1. The molecule has 1 aromatic heterocycles. The van der Waals surface area contributed by atoms with Crippen molar-refractivity contribution in [2.75, 3.05) is 31.1 Å². The van der Waals surface area contributed by atoms with Crippen molar-refractivity contribution in [1.82, 2.24) is 15.2 Å². The Morgan fingerprint density at radius 2 is 1.76 bits per heavy atom. The summed E-state index contributed by atoms with van der Waals surface area (Å²) in [6.45, 7) is 5.02. The number of hydrogen-bond donors (Lipinski definition) is 1. The van der Waals surface area contributed by atoms with Gasteiger partial charge in [-0.25, -0.2) is 4.98 Å². The van der Waals surface area contributed by atoms with E-state index in [1.165, 1.54) is 5.56 Å². The smallest absolute Gasteiger partial charge is 0.220 e. The van der Waals surface area contributed by atoms with Crippen molar-refractivity contribution in [3.05, 3.63) is 59.8 Å². The second-order valence-corrected chi connectivity index (χ2v) is 7.45. The highest BCUT2D eigenvalue weighted by Crippen LogP contribution is 2.19. The van der Waals surface area contributed by atoms with Crippen molar-refractivity contribution in [3.63, 3.8) is 0 Å². The third-order valence-corrected chi connectivity index (χ3v) is 5.33. The lowest BCUT2D eigenvalue weighted by Gasteiger charge is -2.35. The number of pyridine rings is 1. The highest BCUT2D eigenvalue weighted by atomic mass is 16.2. The number of carbonyl (C=O) groups is 2. The van der Waals surface area contributed by atoms with Gasteiger partial charge in [0.25, 0.3) is 0 Å². The van der Waals surface area contributed by atoms with Crippen LogP contribution in [-0.2, 0) is 22.6 Å². The molecular weight excluding hydrogens is 364 g/mol. The normalized spacial score (nSPS) is 14.0. The molecule has 0 bridgehead atoms. The van der Waals surface area contributed by atoms with Gasteiger partial charge < -0.3 is 15.1 Å². The summed E-state index contributed by atoms with van der Waals surface area (Å²) in [7, 11) is 0. The third kappa shape index (κ3) is 6.31. The Hall–Kier alpha value is -2.89. The van der Waals surface area contributed by atoms with Crippen molar-refractivity contribution in [2.45, 2.75) is 39.2 Å². The Morgan fingerprint density at radius 1 is 1.00 bits per heavy atom. The number of aromatic nitrogens is 1. The molecule has 3 rings (SSSR count). The standard InChI is InChI=1S/C23H30N4O2/c1-19(28)26-14-16-27(17-15-26)23-21(11-7-13-24-23)18-25-22(29)12-6-5-10-20-8-3-2-4-9-20/h2-4,7-9,11,13H,5-6,10,12,14-18H2,1H3,(H,25,29). The van der Waals surface area contributed by atoms with E-state index >= 15 is 0 Å². The van der Waals surface area contributed by atoms with Crippen molar-refractivity contribution >= 4 is 17.6 Å².